The van der Waals surface area contributed by atoms with Gasteiger partial charge < -0.3 is 0 Å². The monoisotopic (exact) mass is 439 g/mol. The Bertz CT molecular complexity index is 1360. The lowest BCUT2D eigenvalue weighted by atomic mass is 10.1. The van der Waals surface area contributed by atoms with Gasteiger partial charge in [-0.15, -0.1) is 0 Å². The molecule has 8 nitrogen and oxygen atoms in total. The molecule has 4 rings (SSSR count). The van der Waals surface area contributed by atoms with Crippen molar-refractivity contribution < 1.29 is 9.72 Å². The highest BCUT2D eigenvalue weighted by Crippen LogP contribution is 2.25. The van der Waals surface area contributed by atoms with Crippen molar-refractivity contribution in [2.75, 3.05) is 0 Å². The van der Waals surface area contributed by atoms with E-state index in [1.807, 2.05) is 62.4 Å². The topological polar surface area (TPSA) is 102 Å². The zero-order valence-corrected chi connectivity index (χ0v) is 18.1. The summed E-state index contributed by atoms with van der Waals surface area (Å²) in [4.78, 5) is 23.4. The summed E-state index contributed by atoms with van der Waals surface area (Å²) in [5.74, 6) is -0.524. The first-order chi connectivity index (χ1) is 15.9. The number of nitro groups is 1. The van der Waals surface area contributed by atoms with Crippen LogP contribution in [-0.2, 0) is 0 Å². The van der Waals surface area contributed by atoms with Gasteiger partial charge in [0.25, 0.3) is 11.6 Å². The molecule has 1 aromatic heterocycles. The van der Waals surface area contributed by atoms with Crippen LogP contribution in [0.2, 0.25) is 0 Å². The number of amides is 1. The van der Waals surface area contributed by atoms with Crippen LogP contribution in [0.25, 0.3) is 16.9 Å². The van der Waals surface area contributed by atoms with Gasteiger partial charge in [0.2, 0.25) is 0 Å². The lowest BCUT2D eigenvalue weighted by Crippen LogP contribution is -2.18. The van der Waals surface area contributed by atoms with E-state index in [1.165, 1.54) is 12.3 Å². The third kappa shape index (κ3) is 4.85. The Morgan fingerprint density at radius 2 is 1.76 bits per heavy atom. The Hall–Kier alpha value is -4.59. The third-order valence-electron chi connectivity index (χ3n) is 5.04. The van der Waals surface area contributed by atoms with Gasteiger partial charge in [-0.05, 0) is 43.7 Å². The Kier molecular flexibility index (Phi) is 6.08. The van der Waals surface area contributed by atoms with E-state index in [0.29, 0.717) is 0 Å². The molecule has 0 aliphatic carbocycles. The number of hydrazone groups is 1. The molecule has 1 heterocycles. The lowest BCUT2D eigenvalue weighted by molar-refractivity contribution is -0.385. The molecule has 0 bridgehead atoms. The van der Waals surface area contributed by atoms with E-state index in [1.54, 1.807) is 28.9 Å². The van der Waals surface area contributed by atoms with Gasteiger partial charge in [-0.2, -0.15) is 10.2 Å². The standard InChI is InChI=1S/C25H21N5O3/c1-17-10-12-19(13-11-17)24-15-22(28-29(24)21-8-5-6-18(2)14-21)25(31)27-26-16-20-7-3-4-9-23(20)30(32)33/h3-16H,1-2H3,(H,27,31)/b26-16-. The summed E-state index contributed by atoms with van der Waals surface area (Å²) in [5.41, 5.74) is 7.47. The van der Waals surface area contributed by atoms with Crippen molar-refractivity contribution in [1.82, 2.24) is 15.2 Å². The number of nitrogens with one attached hydrogen (secondary N) is 1. The number of hydrogen-bond donors (Lipinski definition) is 1. The van der Waals surface area contributed by atoms with Crippen molar-refractivity contribution in [3.63, 3.8) is 0 Å². The van der Waals surface area contributed by atoms with Crippen LogP contribution in [-0.4, -0.2) is 26.8 Å². The molecule has 3 aromatic carbocycles. The van der Waals surface area contributed by atoms with Crippen molar-refractivity contribution >= 4 is 17.8 Å². The van der Waals surface area contributed by atoms with Gasteiger partial charge in [0, 0.05) is 11.6 Å². The van der Waals surface area contributed by atoms with E-state index in [2.05, 4.69) is 15.6 Å². The quantitative estimate of drug-likeness (QED) is 0.264. The fourth-order valence-electron chi connectivity index (χ4n) is 3.36. The average Bonchev–Trinajstić information content (AvgIpc) is 3.25. The SMILES string of the molecule is Cc1ccc(-c2cc(C(=O)N/N=C\c3ccccc3[N+](=O)[O-])nn2-c2cccc(C)c2)cc1. The van der Waals surface area contributed by atoms with Gasteiger partial charge in [-0.1, -0.05) is 54.1 Å². The smallest absolute Gasteiger partial charge is 0.265 e. The fraction of sp³-hybridized carbons (Fsp3) is 0.0800. The minimum absolute atomic E-state index is 0.0964. The molecule has 0 aliphatic heterocycles. The second-order valence-corrected chi connectivity index (χ2v) is 7.55. The molecule has 1 amide bonds. The third-order valence-corrected chi connectivity index (χ3v) is 5.04. The molecule has 0 atom stereocenters. The van der Waals surface area contributed by atoms with E-state index in [9.17, 15) is 14.9 Å². The normalized spacial score (nSPS) is 11.0. The summed E-state index contributed by atoms with van der Waals surface area (Å²) in [6, 6.07) is 23.6. The average molecular weight is 439 g/mol. The molecular weight excluding hydrogens is 418 g/mol. The highest BCUT2D eigenvalue weighted by molar-refractivity contribution is 5.94. The van der Waals surface area contributed by atoms with E-state index in [0.717, 1.165) is 28.1 Å². The van der Waals surface area contributed by atoms with Crippen LogP contribution in [0.1, 0.15) is 27.2 Å². The Balaban J connectivity index is 1.65. The molecule has 1 N–H and O–H groups in total. The van der Waals surface area contributed by atoms with Gasteiger partial charge in [0.1, 0.15) is 0 Å². The maximum absolute atomic E-state index is 12.8. The molecule has 8 heteroatoms. The molecule has 0 saturated carbocycles. The number of carbonyl (C=O) groups excluding carboxylic acids is 1. The zero-order chi connectivity index (χ0) is 23.4. The highest BCUT2D eigenvalue weighted by Gasteiger charge is 2.17. The maximum atomic E-state index is 12.8. The van der Waals surface area contributed by atoms with Crippen LogP contribution in [0, 0.1) is 24.0 Å². The fourth-order valence-corrected chi connectivity index (χ4v) is 3.36. The number of nitrogens with zero attached hydrogens (tertiary/aromatic N) is 4. The summed E-state index contributed by atoms with van der Waals surface area (Å²) in [5, 5.41) is 19.5. The second-order valence-electron chi connectivity index (χ2n) is 7.55. The van der Waals surface area contributed by atoms with E-state index in [4.69, 9.17) is 0 Å². The molecule has 164 valence electrons. The van der Waals surface area contributed by atoms with E-state index >= 15 is 0 Å². The number of para-hydroxylation sites is 1. The van der Waals surface area contributed by atoms with Gasteiger partial charge in [-0.3, -0.25) is 14.9 Å². The first-order valence-electron chi connectivity index (χ1n) is 10.2. The molecule has 4 aromatic rings. The van der Waals surface area contributed by atoms with Crippen LogP contribution >= 0.6 is 0 Å². The second kappa shape index (κ2) is 9.27. The number of nitro benzene ring substituents is 1. The first kappa shape index (κ1) is 21.6. The maximum Gasteiger partial charge on any atom is 0.291 e. The molecule has 0 unspecified atom stereocenters. The summed E-state index contributed by atoms with van der Waals surface area (Å²) in [6.07, 6.45) is 1.24. The summed E-state index contributed by atoms with van der Waals surface area (Å²) in [7, 11) is 0. The van der Waals surface area contributed by atoms with Crippen molar-refractivity contribution in [1.29, 1.82) is 0 Å². The zero-order valence-electron chi connectivity index (χ0n) is 18.1. The predicted molar refractivity (Wildman–Crippen MR) is 127 cm³/mol. The first-order valence-corrected chi connectivity index (χ1v) is 10.2. The Morgan fingerprint density at radius 3 is 2.48 bits per heavy atom. The van der Waals surface area contributed by atoms with Crippen LogP contribution < -0.4 is 5.43 Å². The number of hydrogen-bond acceptors (Lipinski definition) is 5. The van der Waals surface area contributed by atoms with E-state index in [-0.39, 0.29) is 16.9 Å². The van der Waals surface area contributed by atoms with Crippen molar-refractivity contribution in [3.05, 3.63) is 111 Å². The minimum atomic E-state index is -0.524. The summed E-state index contributed by atoms with van der Waals surface area (Å²) >= 11 is 0. The predicted octanol–water partition coefficient (Wildman–Crippen LogP) is 4.83. The van der Waals surface area contributed by atoms with Crippen molar-refractivity contribution in [2.45, 2.75) is 13.8 Å². The van der Waals surface area contributed by atoms with Gasteiger partial charge in [0.05, 0.1) is 28.1 Å². The number of benzene rings is 3. The molecule has 0 fully saturated rings. The van der Waals surface area contributed by atoms with Crippen LogP contribution in [0.4, 0.5) is 5.69 Å². The van der Waals surface area contributed by atoms with Gasteiger partial charge in [-0.25, -0.2) is 10.1 Å². The Labute approximate surface area is 190 Å². The summed E-state index contributed by atoms with van der Waals surface area (Å²) in [6.45, 7) is 4.00. The number of rotatable bonds is 6. The molecule has 0 saturated heterocycles. The van der Waals surface area contributed by atoms with Gasteiger partial charge in [0.15, 0.2) is 5.69 Å². The number of aromatic nitrogens is 2. The number of aryl methyl sites for hydroxylation is 2. The van der Waals surface area contributed by atoms with Crippen LogP contribution in [0.3, 0.4) is 0 Å². The number of carbonyl (C=O) groups is 1. The molecule has 0 aliphatic rings. The molecule has 0 radical (unpaired) electrons. The molecule has 33 heavy (non-hydrogen) atoms. The largest absolute Gasteiger partial charge is 0.291 e. The molecular formula is C25H21N5O3. The Morgan fingerprint density at radius 1 is 1.00 bits per heavy atom. The van der Waals surface area contributed by atoms with Crippen molar-refractivity contribution in [3.8, 4) is 16.9 Å². The van der Waals surface area contributed by atoms with Crippen LogP contribution in [0.15, 0.2) is 84.0 Å². The highest BCUT2D eigenvalue weighted by atomic mass is 16.6. The van der Waals surface area contributed by atoms with Gasteiger partial charge >= 0.3 is 0 Å². The minimum Gasteiger partial charge on any atom is -0.265 e. The van der Waals surface area contributed by atoms with Crippen LogP contribution in [0.5, 0.6) is 0 Å². The summed E-state index contributed by atoms with van der Waals surface area (Å²) < 4.78 is 1.72. The van der Waals surface area contributed by atoms with Crippen molar-refractivity contribution in [2.24, 2.45) is 5.10 Å². The van der Waals surface area contributed by atoms with E-state index < -0.39 is 10.8 Å². The lowest BCUT2D eigenvalue weighted by Gasteiger charge is -2.08. The molecule has 0 spiro atoms.